The molecule has 138 valence electrons. The summed E-state index contributed by atoms with van der Waals surface area (Å²) in [5.74, 6) is 3.53. The van der Waals surface area contributed by atoms with E-state index in [1.165, 1.54) is 18.4 Å². The van der Waals surface area contributed by atoms with Crippen LogP contribution in [0.5, 0.6) is 11.5 Å². The van der Waals surface area contributed by atoms with Gasteiger partial charge < -0.3 is 14.8 Å². The average molecular weight is 385 g/mol. The number of benzene rings is 1. The van der Waals surface area contributed by atoms with Gasteiger partial charge in [-0.1, -0.05) is 18.9 Å². The number of fused-ring (bicyclic) bond motifs is 1. The SMILES string of the molecule is Cl.O=C(NCC1(c2ccc3c(c2)OCCO3)CCCC1)C1CSCN1. The normalized spacial score (nSPS) is 23.8. The number of nitrogens with one attached hydrogen (secondary N) is 2. The molecular formula is C18H25ClN2O3S. The molecule has 5 nitrogen and oxygen atoms in total. The lowest BCUT2D eigenvalue weighted by molar-refractivity contribution is -0.122. The molecule has 1 aromatic carbocycles. The van der Waals surface area contributed by atoms with Gasteiger partial charge in [-0.05, 0) is 30.5 Å². The van der Waals surface area contributed by atoms with Crippen LogP contribution in [0.3, 0.4) is 0 Å². The van der Waals surface area contributed by atoms with Gasteiger partial charge in [-0.3, -0.25) is 10.1 Å². The number of hydrogen-bond donors (Lipinski definition) is 2. The van der Waals surface area contributed by atoms with Crippen molar-refractivity contribution in [3.05, 3.63) is 23.8 Å². The molecule has 0 aromatic heterocycles. The summed E-state index contributed by atoms with van der Waals surface area (Å²) in [7, 11) is 0. The molecule has 4 rings (SSSR count). The van der Waals surface area contributed by atoms with Gasteiger partial charge in [0.2, 0.25) is 5.91 Å². The van der Waals surface area contributed by atoms with E-state index in [4.69, 9.17) is 9.47 Å². The Labute approximate surface area is 159 Å². The van der Waals surface area contributed by atoms with Gasteiger partial charge in [0.25, 0.3) is 0 Å². The molecule has 1 amide bonds. The van der Waals surface area contributed by atoms with Crippen molar-refractivity contribution < 1.29 is 14.3 Å². The molecule has 2 fully saturated rings. The van der Waals surface area contributed by atoms with E-state index in [-0.39, 0.29) is 29.8 Å². The van der Waals surface area contributed by atoms with Gasteiger partial charge in [-0.25, -0.2) is 0 Å². The van der Waals surface area contributed by atoms with Gasteiger partial charge in [-0.2, -0.15) is 0 Å². The molecule has 2 heterocycles. The van der Waals surface area contributed by atoms with Crippen LogP contribution < -0.4 is 20.1 Å². The van der Waals surface area contributed by atoms with Crippen LogP contribution in [0.2, 0.25) is 0 Å². The molecule has 1 aliphatic carbocycles. The second kappa shape index (κ2) is 8.06. The Kier molecular flexibility index (Phi) is 6.02. The van der Waals surface area contributed by atoms with Crippen molar-refractivity contribution in [3.8, 4) is 11.5 Å². The molecule has 1 aromatic rings. The molecule has 1 saturated carbocycles. The highest BCUT2D eigenvalue weighted by atomic mass is 35.5. The zero-order valence-corrected chi connectivity index (χ0v) is 15.8. The minimum atomic E-state index is -0.0475. The third-order valence-corrected chi connectivity index (χ3v) is 6.29. The van der Waals surface area contributed by atoms with Crippen LogP contribution in [0.4, 0.5) is 0 Å². The largest absolute Gasteiger partial charge is 0.486 e. The third-order valence-electron chi connectivity index (χ3n) is 5.35. The van der Waals surface area contributed by atoms with E-state index < -0.39 is 0 Å². The Hall–Kier alpha value is -1.11. The maximum absolute atomic E-state index is 12.4. The van der Waals surface area contributed by atoms with Crippen LogP contribution >= 0.6 is 24.2 Å². The second-order valence-corrected chi connectivity index (χ2v) is 7.87. The first-order chi connectivity index (χ1) is 11.8. The molecule has 0 radical (unpaired) electrons. The van der Waals surface area contributed by atoms with Gasteiger partial charge in [0.1, 0.15) is 13.2 Å². The maximum Gasteiger partial charge on any atom is 0.238 e. The topological polar surface area (TPSA) is 59.6 Å². The molecule has 1 unspecified atom stereocenters. The summed E-state index contributed by atoms with van der Waals surface area (Å²) >= 11 is 1.78. The number of carbonyl (C=O) groups is 1. The summed E-state index contributed by atoms with van der Waals surface area (Å²) in [4.78, 5) is 12.4. The number of thioether (sulfide) groups is 1. The Morgan fingerprint density at radius 1 is 1.24 bits per heavy atom. The van der Waals surface area contributed by atoms with Crippen molar-refractivity contribution >= 4 is 30.1 Å². The van der Waals surface area contributed by atoms with Crippen LogP contribution in [-0.2, 0) is 10.2 Å². The predicted octanol–water partition coefficient (Wildman–Crippen LogP) is 2.47. The number of halogens is 1. The van der Waals surface area contributed by atoms with Crippen molar-refractivity contribution in [2.24, 2.45) is 0 Å². The lowest BCUT2D eigenvalue weighted by Crippen LogP contribution is -2.47. The van der Waals surface area contributed by atoms with Crippen molar-refractivity contribution in [3.63, 3.8) is 0 Å². The first kappa shape index (κ1) is 18.7. The second-order valence-electron chi connectivity index (χ2n) is 6.84. The highest BCUT2D eigenvalue weighted by molar-refractivity contribution is 7.99. The number of carbonyl (C=O) groups excluding carboxylic acids is 1. The molecule has 2 aliphatic heterocycles. The van der Waals surface area contributed by atoms with Gasteiger partial charge in [0.15, 0.2) is 11.5 Å². The van der Waals surface area contributed by atoms with Gasteiger partial charge in [0.05, 0.1) is 6.04 Å². The fourth-order valence-electron chi connectivity index (χ4n) is 3.94. The molecule has 1 atom stereocenters. The molecular weight excluding hydrogens is 360 g/mol. The molecule has 1 saturated heterocycles. The first-order valence-electron chi connectivity index (χ1n) is 8.76. The van der Waals surface area contributed by atoms with Crippen LogP contribution in [0.25, 0.3) is 0 Å². The Morgan fingerprint density at radius 2 is 2.00 bits per heavy atom. The van der Waals surface area contributed by atoms with Crippen molar-refractivity contribution in [2.75, 3.05) is 31.4 Å². The lowest BCUT2D eigenvalue weighted by Gasteiger charge is -2.31. The highest BCUT2D eigenvalue weighted by Gasteiger charge is 2.37. The van der Waals surface area contributed by atoms with Crippen molar-refractivity contribution in [1.29, 1.82) is 0 Å². The summed E-state index contributed by atoms with van der Waals surface area (Å²) in [5, 5.41) is 6.44. The van der Waals surface area contributed by atoms with Gasteiger partial charge in [-0.15, -0.1) is 24.2 Å². The molecule has 0 spiro atoms. The maximum atomic E-state index is 12.4. The molecule has 3 aliphatic rings. The first-order valence-corrected chi connectivity index (χ1v) is 9.91. The van der Waals surface area contributed by atoms with Crippen molar-refractivity contribution in [1.82, 2.24) is 10.6 Å². The summed E-state index contributed by atoms with van der Waals surface area (Å²) in [6, 6.07) is 6.24. The van der Waals surface area contributed by atoms with Crippen LogP contribution in [0.1, 0.15) is 31.2 Å². The monoisotopic (exact) mass is 384 g/mol. The molecule has 25 heavy (non-hydrogen) atoms. The summed E-state index contributed by atoms with van der Waals surface area (Å²) < 4.78 is 11.4. The van der Waals surface area contributed by atoms with E-state index in [1.807, 2.05) is 6.07 Å². The minimum absolute atomic E-state index is 0. The number of rotatable bonds is 4. The average Bonchev–Trinajstić information content (AvgIpc) is 3.32. The highest BCUT2D eigenvalue weighted by Crippen LogP contribution is 2.43. The Balaban J connectivity index is 0.00000182. The third kappa shape index (κ3) is 3.86. The van der Waals surface area contributed by atoms with E-state index in [1.54, 1.807) is 11.8 Å². The van der Waals surface area contributed by atoms with E-state index >= 15 is 0 Å². The molecule has 7 heteroatoms. The predicted molar refractivity (Wildman–Crippen MR) is 102 cm³/mol. The zero-order valence-electron chi connectivity index (χ0n) is 14.2. The number of ether oxygens (including phenoxy) is 2. The van der Waals surface area contributed by atoms with Crippen LogP contribution in [0.15, 0.2) is 18.2 Å². The van der Waals surface area contributed by atoms with Gasteiger partial charge in [0, 0.05) is 23.6 Å². The summed E-state index contributed by atoms with van der Waals surface area (Å²) in [6.45, 7) is 1.92. The van der Waals surface area contributed by atoms with E-state index in [0.717, 1.165) is 36.0 Å². The fourth-order valence-corrected chi connectivity index (χ4v) is 4.88. The number of hydrogen-bond acceptors (Lipinski definition) is 5. The van der Waals surface area contributed by atoms with E-state index in [0.29, 0.717) is 19.8 Å². The molecule has 0 bridgehead atoms. The van der Waals surface area contributed by atoms with Crippen LogP contribution in [0, 0.1) is 0 Å². The zero-order chi connectivity index (χ0) is 16.4. The summed E-state index contributed by atoms with van der Waals surface area (Å²) in [6.07, 6.45) is 4.64. The lowest BCUT2D eigenvalue weighted by atomic mass is 9.78. The summed E-state index contributed by atoms with van der Waals surface area (Å²) in [5.41, 5.74) is 1.29. The smallest absolute Gasteiger partial charge is 0.238 e. The fraction of sp³-hybridized carbons (Fsp3) is 0.611. The number of amides is 1. The Bertz CT molecular complexity index is 616. The van der Waals surface area contributed by atoms with E-state index in [9.17, 15) is 4.79 Å². The van der Waals surface area contributed by atoms with Gasteiger partial charge >= 0.3 is 0 Å². The standard InChI is InChI=1S/C18H24N2O3S.ClH/c21-17(14-10-24-12-20-14)19-11-18(5-1-2-6-18)13-3-4-15-16(9-13)23-8-7-22-15;/h3-4,9,14,20H,1-2,5-8,10-12H2,(H,19,21);1H. The minimum Gasteiger partial charge on any atom is -0.486 e. The van der Waals surface area contributed by atoms with Crippen LogP contribution in [-0.4, -0.2) is 43.3 Å². The molecule has 2 N–H and O–H groups in total. The Morgan fingerprint density at radius 3 is 2.72 bits per heavy atom. The van der Waals surface area contributed by atoms with E-state index in [2.05, 4.69) is 22.8 Å². The quantitative estimate of drug-likeness (QED) is 0.835. The van der Waals surface area contributed by atoms with Crippen molar-refractivity contribution in [2.45, 2.75) is 37.1 Å².